The highest BCUT2D eigenvalue weighted by molar-refractivity contribution is 5.95. The van der Waals surface area contributed by atoms with E-state index in [0.29, 0.717) is 18.3 Å². The molecule has 0 spiro atoms. The van der Waals surface area contributed by atoms with E-state index in [1.807, 2.05) is 0 Å². The summed E-state index contributed by atoms with van der Waals surface area (Å²) in [6.07, 6.45) is 11.0. The van der Waals surface area contributed by atoms with E-state index in [0.717, 1.165) is 44.1 Å². The van der Waals surface area contributed by atoms with E-state index in [1.54, 1.807) is 6.92 Å². The topological polar surface area (TPSA) is 74.6 Å². The van der Waals surface area contributed by atoms with Gasteiger partial charge in [0.1, 0.15) is 5.78 Å². The second-order valence-corrected chi connectivity index (χ2v) is 14.4. The highest BCUT2D eigenvalue weighted by Crippen LogP contribution is 2.73. The summed E-state index contributed by atoms with van der Waals surface area (Å²) >= 11 is 0. The van der Waals surface area contributed by atoms with Gasteiger partial charge in [-0.2, -0.15) is 0 Å². The number of aliphatic hydroxyl groups is 1. The fraction of sp³-hybridized carbons (Fsp3) is 0.800. The van der Waals surface area contributed by atoms with Crippen LogP contribution in [-0.4, -0.2) is 28.1 Å². The summed E-state index contributed by atoms with van der Waals surface area (Å²) in [7, 11) is 0. The van der Waals surface area contributed by atoms with Crippen LogP contribution in [0.2, 0.25) is 0 Å². The molecule has 3 fully saturated rings. The van der Waals surface area contributed by atoms with Gasteiger partial charge < -0.3 is 10.2 Å². The van der Waals surface area contributed by atoms with Crippen molar-refractivity contribution in [2.75, 3.05) is 0 Å². The maximum absolute atomic E-state index is 13.4. The van der Waals surface area contributed by atoms with E-state index in [9.17, 15) is 19.8 Å². The first-order valence-electron chi connectivity index (χ1n) is 13.4. The Balaban J connectivity index is 1.67. The number of carboxylic acid groups (broad SMARTS) is 1. The molecular weight excluding hydrogens is 424 g/mol. The number of carbonyl (C=O) groups is 2. The van der Waals surface area contributed by atoms with Gasteiger partial charge in [-0.15, -0.1) is 0 Å². The summed E-state index contributed by atoms with van der Waals surface area (Å²) in [6, 6.07) is 0. The van der Waals surface area contributed by atoms with Crippen LogP contribution >= 0.6 is 0 Å². The van der Waals surface area contributed by atoms with Gasteiger partial charge in [0.05, 0.1) is 11.5 Å². The molecule has 0 bridgehead atoms. The minimum absolute atomic E-state index is 0.0507. The van der Waals surface area contributed by atoms with Crippen molar-refractivity contribution in [3.05, 3.63) is 23.3 Å². The zero-order chi connectivity index (χ0) is 25.1. The van der Waals surface area contributed by atoms with Crippen molar-refractivity contribution in [1.82, 2.24) is 0 Å². The monoisotopic (exact) mass is 468 g/mol. The van der Waals surface area contributed by atoms with Crippen molar-refractivity contribution >= 4 is 11.8 Å². The normalized spacial score (nSPS) is 51.8. The molecule has 0 amide bonds. The molecule has 3 saturated carbocycles. The Bertz CT molecular complexity index is 1020. The zero-order valence-electron chi connectivity index (χ0n) is 22.3. The minimum atomic E-state index is -1.02. The first-order valence-corrected chi connectivity index (χ1v) is 13.4. The molecule has 8 atom stereocenters. The van der Waals surface area contributed by atoms with Gasteiger partial charge in [-0.05, 0) is 97.9 Å². The average molecular weight is 469 g/mol. The average Bonchev–Trinajstić information content (AvgIpc) is 2.73. The molecule has 34 heavy (non-hydrogen) atoms. The van der Waals surface area contributed by atoms with E-state index in [1.165, 1.54) is 5.57 Å². The van der Waals surface area contributed by atoms with Gasteiger partial charge in [0.15, 0.2) is 0 Å². The summed E-state index contributed by atoms with van der Waals surface area (Å²) in [6.45, 7) is 15.7. The molecule has 0 aromatic rings. The highest BCUT2D eigenvalue weighted by atomic mass is 16.4. The van der Waals surface area contributed by atoms with Crippen LogP contribution in [-0.2, 0) is 9.59 Å². The lowest BCUT2D eigenvalue weighted by atomic mass is 9.35. The Labute approximate surface area is 205 Å². The number of ketones is 1. The van der Waals surface area contributed by atoms with Crippen LogP contribution in [0, 0.1) is 44.3 Å². The maximum atomic E-state index is 13.4. The second-order valence-electron chi connectivity index (χ2n) is 14.4. The van der Waals surface area contributed by atoms with E-state index < -0.39 is 16.8 Å². The van der Waals surface area contributed by atoms with E-state index in [-0.39, 0.29) is 40.0 Å². The van der Waals surface area contributed by atoms with Crippen LogP contribution in [0.4, 0.5) is 0 Å². The van der Waals surface area contributed by atoms with Crippen LogP contribution in [0.3, 0.4) is 0 Å². The van der Waals surface area contributed by atoms with Gasteiger partial charge in [-0.1, -0.05) is 52.3 Å². The van der Waals surface area contributed by atoms with E-state index in [4.69, 9.17) is 0 Å². The molecule has 0 saturated heterocycles. The molecule has 5 aliphatic carbocycles. The van der Waals surface area contributed by atoms with Crippen LogP contribution in [0.25, 0.3) is 0 Å². The molecule has 8 unspecified atom stereocenters. The third-order valence-electron chi connectivity index (χ3n) is 12.5. The summed E-state index contributed by atoms with van der Waals surface area (Å²) < 4.78 is 0. The SMILES string of the molecule is CC1(C(=O)O)CC(=O)C2(C)CCC3(C)C(=C2C1)C=CC1C2(C)CCC(O)C(C)(C)C2CCC13C. The van der Waals surface area contributed by atoms with Gasteiger partial charge in [-0.3, -0.25) is 9.59 Å². The maximum Gasteiger partial charge on any atom is 0.310 e. The first-order chi connectivity index (χ1) is 15.6. The smallest absolute Gasteiger partial charge is 0.310 e. The van der Waals surface area contributed by atoms with E-state index >= 15 is 0 Å². The lowest BCUT2D eigenvalue weighted by Crippen LogP contribution is -2.63. The predicted octanol–water partition coefficient (Wildman–Crippen LogP) is 6.33. The zero-order valence-corrected chi connectivity index (χ0v) is 22.3. The van der Waals surface area contributed by atoms with Gasteiger partial charge in [-0.25, -0.2) is 0 Å². The van der Waals surface area contributed by atoms with Gasteiger partial charge in [0.25, 0.3) is 0 Å². The van der Waals surface area contributed by atoms with Gasteiger partial charge >= 0.3 is 5.97 Å². The number of aliphatic hydroxyl groups excluding tert-OH is 1. The number of aliphatic carboxylic acids is 1. The summed E-state index contributed by atoms with van der Waals surface area (Å²) in [5.74, 6) is 0.134. The number of fused-ring (bicyclic) bond motifs is 6. The minimum Gasteiger partial charge on any atom is -0.481 e. The van der Waals surface area contributed by atoms with E-state index in [2.05, 4.69) is 53.7 Å². The van der Waals surface area contributed by atoms with Crippen molar-refractivity contribution in [1.29, 1.82) is 0 Å². The molecule has 0 heterocycles. The Morgan fingerprint density at radius 3 is 2.26 bits per heavy atom. The fourth-order valence-corrected chi connectivity index (χ4v) is 9.77. The second kappa shape index (κ2) is 6.87. The number of allylic oxidation sites excluding steroid dienone is 4. The molecule has 5 rings (SSSR count). The molecule has 5 aliphatic rings. The first kappa shape index (κ1) is 24.3. The molecule has 2 N–H and O–H groups in total. The lowest BCUT2D eigenvalue weighted by molar-refractivity contribution is -0.182. The Morgan fingerprint density at radius 2 is 1.62 bits per heavy atom. The third-order valence-corrected chi connectivity index (χ3v) is 12.5. The molecule has 188 valence electrons. The molecule has 0 aromatic heterocycles. The predicted molar refractivity (Wildman–Crippen MR) is 133 cm³/mol. The van der Waals surface area contributed by atoms with Crippen molar-refractivity contribution < 1.29 is 19.8 Å². The molecular formula is C30H44O4. The van der Waals surface area contributed by atoms with Crippen LogP contribution in [0.1, 0.15) is 99.8 Å². The van der Waals surface area contributed by atoms with Crippen molar-refractivity contribution in [2.24, 2.45) is 44.3 Å². The number of rotatable bonds is 1. The number of carbonyl (C=O) groups excluding carboxylic acids is 1. The molecule has 0 aromatic carbocycles. The Hall–Kier alpha value is -1.42. The number of hydrogen-bond acceptors (Lipinski definition) is 3. The van der Waals surface area contributed by atoms with Crippen LogP contribution in [0.5, 0.6) is 0 Å². The van der Waals surface area contributed by atoms with Crippen molar-refractivity contribution in [2.45, 2.75) is 106 Å². The standard InChI is InChI=1S/C30H44O4/c1-25(2)20-10-13-30(7)21(28(20,5)12-11-22(25)31)9-8-18-19-16-26(3,24(33)34)17-23(32)27(19,4)14-15-29(18,30)6/h8-9,20-22,31H,10-17H2,1-7H3,(H,33,34). The summed E-state index contributed by atoms with van der Waals surface area (Å²) in [4.78, 5) is 25.6. The molecule has 0 radical (unpaired) electrons. The van der Waals surface area contributed by atoms with Crippen LogP contribution in [0.15, 0.2) is 23.3 Å². The quantitative estimate of drug-likeness (QED) is 0.471. The summed E-state index contributed by atoms with van der Waals surface area (Å²) in [5, 5.41) is 20.9. The van der Waals surface area contributed by atoms with Crippen molar-refractivity contribution in [3.8, 4) is 0 Å². The largest absolute Gasteiger partial charge is 0.481 e. The lowest BCUT2D eigenvalue weighted by Gasteiger charge is -2.69. The van der Waals surface area contributed by atoms with Gasteiger partial charge in [0.2, 0.25) is 0 Å². The number of carboxylic acids is 1. The number of Topliss-reactive ketones (excluding diaryl/α,β-unsaturated/α-hetero) is 1. The highest BCUT2D eigenvalue weighted by Gasteiger charge is 2.67. The van der Waals surface area contributed by atoms with Crippen molar-refractivity contribution in [3.63, 3.8) is 0 Å². The number of hydrogen-bond donors (Lipinski definition) is 2. The molecule has 4 nitrogen and oxygen atoms in total. The molecule has 0 aliphatic heterocycles. The Kier molecular flexibility index (Phi) is 4.90. The Morgan fingerprint density at radius 1 is 0.941 bits per heavy atom. The van der Waals surface area contributed by atoms with Crippen LogP contribution < -0.4 is 0 Å². The summed E-state index contributed by atoms with van der Waals surface area (Å²) in [5.41, 5.74) is 0.825. The fourth-order valence-electron chi connectivity index (χ4n) is 9.77. The molecule has 4 heteroatoms. The third kappa shape index (κ3) is 2.70. The van der Waals surface area contributed by atoms with Gasteiger partial charge in [0, 0.05) is 11.8 Å².